The van der Waals surface area contributed by atoms with Gasteiger partial charge in [-0.3, -0.25) is 9.59 Å². The summed E-state index contributed by atoms with van der Waals surface area (Å²) >= 11 is 0. The SMILES string of the molecule is [2H]c1c(OC(=O)C(C)C)c(C)nn(C)c1=O. The third-order valence-corrected chi connectivity index (χ3v) is 1.82. The van der Waals surface area contributed by atoms with Crippen LogP contribution in [0.15, 0.2) is 10.8 Å². The molecule has 1 aromatic heterocycles. The second-order valence-corrected chi connectivity index (χ2v) is 3.54. The number of ether oxygens (including phenoxy) is 1. The number of aryl methyl sites for hydroxylation is 2. The Balaban J connectivity index is 3.20. The highest BCUT2D eigenvalue weighted by atomic mass is 16.5. The number of carbonyl (C=O) groups excluding carboxylic acids is 1. The smallest absolute Gasteiger partial charge is 0.313 e. The van der Waals surface area contributed by atoms with E-state index in [4.69, 9.17) is 6.11 Å². The van der Waals surface area contributed by atoms with Gasteiger partial charge in [-0.1, -0.05) is 13.8 Å². The van der Waals surface area contributed by atoms with Crippen molar-refractivity contribution in [3.8, 4) is 5.75 Å². The van der Waals surface area contributed by atoms with E-state index in [9.17, 15) is 9.59 Å². The molecule has 0 atom stereocenters. The summed E-state index contributed by atoms with van der Waals surface area (Å²) in [6, 6.07) is -0.344. The molecule has 0 saturated heterocycles. The fraction of sp³-hybridized carbons (Fsp3) is 0.500. The summed E-state index contributed by atoms with van der Waals surface area (Å²) in [4.78, 5) is 22.8. The zero-order valence-corrected chi connectivity index (χ0v) is 9.20. The van der Waals surface area contributed by atoms with Gasteiger partial charge in [0.1, 0.15) is 5.69 Å². The van der Waals surface area contributed by atoms with E-state index in [2.05, 4.69) is 5.10 Å². The van der Waals surface area contributed by atoms with Crippen LogP contribution in [0, 0.1) is 12.8 Å². The Morgan fingerprint density at radius 3 is 2.80 bits per heavy atom. The molecule has 0 unspecified atom stereocenters. The predicted molar refractivity (Wildman–Crippen MR) is 54.7 cm³/mol. The van der Waals surface area contributed by atoms with Crippen LogP contribution in [0.1, 0.15) is 20.9 Å². The highest BCUT2D eigenvalue weighted by molar-refractivity contribution is 5.74. The summed E-state index contributed by atoms with van der Waals surface area (Å²) in [5.74, 6) is -0.851. The minimum atomic E-state index is -0.586. The van der Waals surface area contributed by atoms with Crippen LogP contribution in [0.5, 0.6) is 5.75 Å². The molecule has 0 bridgehead atoms. The molecule has 1 rings (SSSR count). The van der Waals surface area contributed by atoms with Gasteiger partial charge >= 0.3 is 5.97 Å². The minimum absolute atomic E-state index is 0.0539. The number of rotatable bonds is 2. The van der Waals surface area contributed by atoms with Crippen LogP contribution in [-0.2, 0) is 11.8 Å². The Morgan fingerprint density at radius 1 is 1.67 bits per heavy atom. The lowest BCUT2D eigenvalue weighted by Gasteiger charge is -2.08. The maximum Gasteiger partial charge on any atom is 0.313 e. The molecular formula is C10H14N2O3. The van der Waals surface area contributed by atoms with Crippen molar-refractivity contribution in [2.75, 3.05) is 0 Å². The molecule has 1 heterocycles. The molecule has 0 aliphatic carbocycles. The molecule has 0 amide bonds. The Bertz CT molecular complexity index is 480. The molecule has 15 heavy (non-hydrogen) atoms. The summed E-state index contributed by atoms with van der Waals surface area (Å²) in [5, 5.41) is 3.85. The van der Waals surface area contributed by atoms with Gasteiger partial charge in [0.2, 0.25) is 0 Å². The Hall–Kier alpha value is -1.65. The normalized spacial score (nSPS) is 11.4. The van der Waals surface area contributed by atoms with Gasteiger partial charge in [-0.05, 0) is 6.92 Å². The van der Waals surface area contributed by atoms with Crippen molar-refractivity contribution in [2.45, 2.75) is 20.8 Å². The van der Waals surface area contributed by atoms with Gasteiger partial charge in [0, 0.05) is 13.1 Å². The predicted octanol–water partition coefficient (Wildman–Crippen LogP) is 0.650. The highest BCUT2D eigenvalue weighted by Gasteiger charge is 2.12. The van der Waals surface area contributed by atoms with Gasteiger partial charge in [0.05, 0.1) is 7.29 Å². The van der Waals surface area contributed by atoms with E-state index in [0.717, 1.165) is 4.68 Å². The van der Waals surface area contributed by atoms with Crippen LogP contribution in [-0.4, -0.2) is 15.7 Å². The molecule has 0 radical (unpaired) electrons. The van der Waals surface area contributed by atoms with Crippen molar-refractivity contribution in [3.63, 3.8) is 0 Å². The van der Waals surface area contributed by atoms with Crippen molar-refractivity contribution in [3.05, 3.63) is 22.1 Å². The van der Waals surface area contributed by atoms with Crippen LogP contribution < -0.4 is 10.3 Å². The highest BCUT2D eigenvalue weighted by Crippen LogP contribution is 2.13. The van der Waals surface area contributed by atoms with Gasteiger partial charge in [-0.15, -0.1) is 0 Å². The van der Waals surface area contributed by atoms with E-state index in [0.29, 0.717) is 5.69 Å². The molecule has 0 aliphatic rings. The fourth-order valence-electron chi connectivity index (χ4n) is 0.902. The summed E-state index contributed by atoms with van der Waals surface area (Å²) in [6.45, 7) is 4.94. The summed E-state index contributed by atoms with van der Waals surface area (Å²) in [5.41, 5.74) is -0.238. The van der Waals surface area contributed by atoms with E-state index in [-0.39, 0.29) is 17.7 Å². The number of esters is 1. The zero-order chi connectivity index (χ0) is 12.5. The molecule has 5 heteroatoms. The lowest BCUT2D eigenvalue weighted by Crippen LogP contribution is -2.22. The lowest BCUT2D eigenvalue weighted by atomic mass is 10.2. The van der Waals surface area contributed by atoms with Gasteiger partial charge in [-0.2, -0.15) is 5.10 Å². The molecule has 82 valence electrons. The fourth-order valence-corrected chi connectivity index (χ4v) is 0.902. The van der Waals surface area contributed by atoms with Gasteiger partial charge in [0.15, 0.2) is 5.75 Å². The topological polar surface area (TPSA) is 61.2 Å². The van der Waals surface area contributed by atoms with Gasteiger partial charge in [-0.25, -0.2) is 4.68 Å². The molecule has 0 saturated carbocycles. The summed E-state index contributed by atoms with van der Waals surface area (Å²) in [6.07, 6.45) is 0. The Kier molecular flexibility index (Phi) is 2.80. The largest absolute Gasteiger partial charge is 0.424 e. The van der Waals surface area contributed by atoms with Gasteiger partial charge < -0.3 is 4.74 Å². The molecule has 0 N–H and O–H groups in total. The zero-order valence-electron chi connectivity index (χ0n) is 10.2. The molecule has 1 aromatic rings. The van der Waals surface area contributed by atoms with E-state index >= 15 is 0 Å². The van der Waals surface area contributed by atoms with E-state index in [1.165, 1.54) is 7.05 Å². The standard InChI is InChI=1S/C10H14N2O3/c1-6(2)10(14)15-8-5-9(13)12(4)11-7(8)3/h5-6H,1-4H3/i5D. The van der Waals surface area contributed by atoms with Crippen molar-refractivity contribution in [1.29, 1.82) is 0 Å². The first-order valence-corrected chi connectivity index (χ1v) is 4.60. The maximum atomic E-state index is 11.4. The van der Waals surface area contributed by atoms with Crippen LogP contribution in [0.2, 0.25) is 0 Å². The number of nitrogens with zero attached hydrogens (tertiary/aromatic N) is 2. The Labute approximate surface area is 89.1 Å². The van der Waals surface area contributed by atoms with E-state index in [1.807, 2.05) is 0 Å². The number of aromatic nitrogens is 2. The number of carbonyl (C=O) groups is 1. The monoisotopic (exact) mass is 211 g/mol. The second-order valence-electron chi connectivity index (χ2n) is 3.54. The van der Waals surface area contributed by atoms with Crippen LogP contribution in [0.4, 0.5) is 0 Å². The van der Waals surface area contributed by atoms with Crippen molar-refractivity contribution in [2.24, 2.45) is 13.0 Å². The summed E-state index contributed by atoms with van der Waals surface area (Å²) in [7, 11) is 1.45. The van der Waals surface area contributed by atoms with Crippen molar-refractivity contribution >= 4 is 5.97 Å². The van der Waals surface area contributed by atoms with E-state index < -0.39 is 11.5 Å². The number of hydrogen-bond donors (Lipinski definition) is 0. The van der Waals surface area contributed by atoms with Gasteiger partial charge in [0.25, 0.3) is 5.56 Å². The van der Waals surface area contributed by atoms with Crippen molar-refractivity contribution < 1.29 is 10.9 Å². The Morgan fingerprint density at radius 2 is 2.27 bits per heavy atom. The molecule has 0 fully saturated rings. The third kappa shape index (κ3) is 2.65. The maximum absolute atomic E-state index is 11.4. The quantitative estimate of drug-likeness (QED) is 0.674. The third-order valence-electron chi connectivity index (χ3n) is 1.82. The summed E-state index contributed by atoms with van der Waals surface area (Å²) < 4.78 is 13.6. The second kappa shape index (κ2) is 4.25. The molecular weight excluding hydrogens is 196 g/mol. The molecule has 0 spiro atoms. The first-order valence-electron chi connectivity index (χ1n) is 5.10. The first-order chi connectivity index (χ1) is 7.34. The van der Waals surface area contributed by atoms with E-state index in [1.54, 1.807) is 20.8 Å². The van der Waals surface area contributed by atoms with Crippen molar-refractivity contribution in [1.82, 2.24) is 9.78 Å². The molecule has 0 aromatic carbocycles. The lowest BCUT2D eigenvalue weighted by molar-refractivity contribution is -0.137. The average molecular weight is 211 g/mol. The first kappa shape index (κ1) is 9.89. The number of hydrogen-bond acceptors (Lipinski definition) is 4. The minimum Gasteiger partial charge on any atom is -0.424 e. The van der Waals surface area contributed by atoms with Crippen LogP contribution in [0.3, 0.4) is 0 Å². The average Bonchev–Trinajstić information content (AvgIpc) is 2.20. The molecule has 5 nitrogen and oxygen atoms in total. The van der Waals surface area contributed by atoms with Crippen LogP contribution in [0.25, 0.3) is 0 Å². The van der Waals surface area contributed by atoms with Crippen LogP contribution >= 0.6 is 0 Å². The molecule has 0 aliphatic heterocycles.